The Kier molecular flexibility index (Phi) is 1.65. The van der Waals surface area contributed by atoms with Gasteiger partial charge in [0.25, 0.3) is 6.43 Å². The van der Waals surface area contributed by atoms with Crippen LogP contribution < -0.4 is 0 Å². The molecule has 0 aliphatic carbocycles. The van der Waals surface area contributed by atoms with E-state index in [-0.39, 0.29) is 6.04 Å². The molecule has 2 rings (SSSR count). The molecule has 1 heterocycles. The molecule has 0 saturated heterocycles. The van der Waals surface area contributed by atoms with E-state index in [4.69, 9.17) is 1.37 Å². The number of pyridine rings is 1. The van der Waals surface area contributed by atoms with E-state index in [9.17, 15) is 8.78 Å². The second kappa shape index (κ2) is 3.09. The lowest BCUT2D eigenvalue weighted by atomic mass is 10.2. The fourth-order valence-corrected chi connectivity index (χ4v) is 1.14. The van der Waals surface area contributed by atoms with E-state index in [1.807, 2.05) is 0 Å². The maximum atomic E-state index is 12.4. The highest BCUT2D eigenvalue weighted by Crippen LogP contribution is 2.19. The third-order valence-corrected chi connectivity index (χ3v) is 1.76. The van der Waals surface area contributed by atoms with Crippen molar-refractivity contribution in [2.75, 3.05) is 0 Å². The van der Waals surface area contributed by atoms with Crippen LogP contribution in [0.3, 0.4) is 0 Å². The third-order valence-electron chi connectivity index (χ3n) is 1.76. The molecule has 0 fully saturated rings. The predicted octanol–water partition coefficient (Wildman–Crippen LogP) is 3.17. The molecule has 66 valence electrons. The minimum absolute atomic E-state index is 0.210. The molecule has 0 unspecified atom stereocenters. The van der Waals surface area contributed by atoms with Crippen LogP contribution in [0.15, 0.2) is 36.4 Å². The third kappa shape index (κ3) is 1.49. The molecule has 3 heteroatoms. The van der Waals surface area contributed by atoms with E-state index in [0.717, 1.165) is 0 Å². The first kappa shape index (κ1) is 6.95. The zero-order valence-corrected chi connectivity index (χ0v) is 6.67. The summed E-state index contributed by atoms with van der Waals surface area (Å²) in [7, 11) is 0. The number of hydrogen-bond donors (Lipinski definition) is 0. The van der Waals surface area contributed by atoms with E-state index < -0.39 is 12.1 Å². The normalized spacial score (nSPS) is 12.1. The highest BCUT2D eigenvalue weighted by atomic mass is 19.3. The van der Waals surface area contributed by atoms with Gasteiger partial charge < -0.3 is 0 Å². The fraction of sp³-hybridized carbons (Fsp3) is 0.100. The molecule has 0 bridgehead atoms. The van der Waals surface area contributed by atoms with Crippen LogP contribution in [0.5, 0.6) is 0 Å². The van der Waals surface area contributed by atoms with Gasteiger partial charge in [-0.05, 0) is 12.1 Å². The van der Waals surface area contributed by atoms with E-state index in [1.165, 1.54) is 6.07 Å². The minimum Gasteiger partial charge on any atom is -0.247 e. The molecular formula is C10H7F2N. The van der Waals surface area contributed by atoms with Gasteiger partial charge in [0.05, 0.1) is 6.89 Å². The second-order valence-corrected chi connectivity index (χ2v) is 2.65. The average Bonchev–Trinajstić information content (AvgIpc) is 2.16. The first-order chi connectivity index (χ1) is 6.68. The molecule has 0 spiro atoms. The molecule has 0 aliphatic rings. The van der Waals surface area contributed by atoms with Crippen LogP contribution in [0.1, 0.15) is 13.5 Å². The lowest BCUT2D eigenvalue weighted by Gasteiger charge is -2.00. The Hall–Kier alpha value is -1.51. The molecular weight excluding hydrogens is 172 g/mol. The highest BCUT2D eigenvalue weighted by Gasteiger charge is 2.08. The minimum atomic E-state index is -2.69. The Balaban J connectivity index is 2.71. The number of fused-ring (bicyclic) bond motifs is 1. The zero-order chi connectivity index (χ0) is 10.1. The Morgan fingerprint density at radius 1 is 1.23 bits per heavy atom. The van der Waals surface area contributed by atoms with Crippen molar-refractivity contribution >= 4 is 10.9 Å². The van der Waals surface area contributed by atoms with E-state index in [2.05, 4.69) is 4.98 Å². The highest BCUT2D eigenvalue weighted by molar-refractivity contribution is 5.78. The fourth-order valence-electron chi connectivity index (χ4n) is 1.14. The molecule has 0 saturated carbocycles. The molecule has 13 heavy (non-hydrogen) atoms. The van der Waals surface area contributed by atoms with Crippen LogP contribution in [-0.4, -0.2) is 4.98 Å². The van der Waals surface area contributed by atoms with Crippen molar-refractivity contribution in [3.8, 4) is 0 Å². The largest absolute Gasteiger partial charge is 0.280 e. The van der Waals surface area contributed by atoms with Gasteiger partial charge in [-0.25, -0.2) is 13.8 Å². The summed E-state index contributed by atoms with van der Waals surface area (Å²) in [5.74, 6) is 0. The molecule has 1 aromatic carbocycles. The van der Waals surface area contributed by atoms with Gasteiger partial charge in [0.2, 0.25) is 0 Å². The first-order valence-corrected chi connectivity index (χ1v) is 3.83. The number of nitrogens with zero attached hydrogens (tertiary/aromatic N) is 1. The van der Waals surface area contributed by atoms with Gasteiger partial charge in [-0.3, -0.25) is 0 Å². The maximum absolute atomic E-state index is 12.4. The summed E-state index contributed by atoms with van der Waals surface area (Å²) >= 11 is 0. The monoisotopic (exact) mass is 180 g/mol. The van der Waals surface area contributed by atoms with Crippen molar-refractivity contribution in [2.45, 2.75) is 6.43 Å². The number of rotatable bonds is 1. The topological polar surface area (TPSA) is 12.9 Å². The zero-order valence-electron chi connectivity index (χ0n) is 7.67. The van der Waals surface area contributed by atoms with Gasteiger partial charge in [0.15, 0.2) is 0 Å². The van der Waals surface area contributed by atoms with Gasteiger partial charge in [-0.1, -0.05) is 24.3 Å². The van der Waals surface area contributed by atoms with Gasteiger partial charge in [-0.2, -0.15) is 0 Å². The van der Waals surface area contributed by atoms with Crippen LogP contribution >= 0.6 is 0 Å². The van der Waals surface area contributed by atoms with Crippen molar-refractivity contribution in [3.63, 3.8) is 0 Å². The van der Waals surface area contributed by atoms with Crippen LogP contribution in [-0.2, 0) is 0 Å². The summed E-state index contributed by atoms with van der Waals surface area (Å²) in [5.41, 5.74) is 0.0440. The quantitative estimate of drug-likeness (QED) is 0.656. The molecule has 0 atom stereocenters. The number of para-hydroxylation sites is 1. The van der Waals surface area contributed by atoms with Crippen LogP contribution in [0.2, 0.25) is 0 Å². The number of hydrogen-bond acceptors (Lipinski definition) is 1. The SMILES string of the molecule is [2H]c1cc2ccccc2nc1C(F)F. The number of benzene rings is 1. The van der Waals surface area contributed by atoms with Crippen LogP contribution in [0, 0.1) is 0 Å². The van der Waals surface area contributed by atoms with Gasteiger partial charge in [0.1, 0.15) is 5.69 Å². The summed E-state index contributed by atoms with van der Waals surface area (Å²) < 4.78 is 32.1. The van der Waals surface area contributed by atoms with Crippen molar-refractivity contribution < 1.29 is 10.2 Å². The molecule has 0 radical (unpaired) electrons. The summed E-state index contributed by atoms with van der Waals surface area (Å²) in [6, 6.07) is 8.11. The lowest BCUT2D eigenvalue weighted by Crippen LogP contribution is -1.89. The molecule has 0 amide bonds. The molecule has 1 aromatic heterocycles. The summed E-state index contributed by atoms with van der Waals surface area (Å²) in [6.07, 6.45) is -2.69. The van der Waals surface area contributed by atoms with Crippen molar-refractivity contribution in [1.82, 2.24) is 4.98 Å². The van der Waals surface area contributed by atoms with Gasteiger partial charge in [0, 0.05) is 5.39 Å². The van der Waals surface area contributed by atoms with E-state index >= 15 is 0 Å². The average molecular weight is 180 g/mol. The Labute approximate surface area is 75.4 Å². The molecule has 0 N–H and O–H groups in total. The van der Waals surface area contributed by atoms with Gasteiger partial charge in [-0.15, -0.1) is 0 Å². The summed E-state index contributed by atoms with van der Waals surface area (Å²) in [4.78, 5) is 3.74. The predicted molar refractivity (Wildman–Crippen MR) is 46.7 cm³/mol. The Morgan fingerprint density at radius 2 is 2.00 bits per heavy atom. The maximum Gasteiger partial charge on any atom is 0.280 e. The van der Waals surface area contributed by atoms with Crippen molar-refractivity contribution in [1.29, 1.82) is 0 Å². The van der Waals surface area contributed by atoms with Crippen LogP contribution in [0.25, 0.3) is 10.9 Å². The van der Waals surface area contributed by atoms with E-state index in [0.29, 0.717) is 10.9 Å². The molecule has 1 nitrogen and oxygen atoms in total. The lowest BCUT2D eigenvalue weighted by molar-refractivity contribution is 0.146. The Morgan fingerprint density at radius 3 is 2.77 bits per heavy atom. The smallest absolute Gasteiger partial charge is 0.247 e. The van der Waals surface area contributed by atoms with Crippen molar-refractivity contribution in [3.05, 3.63) is 42.1 Å². The Bertz CT molecular complexity index is 471. The summed E-state index contributed by atoms with van der Waals surface area (Å²) in [5, 5.41) is 0.710. The second-order valence-electron chi connectivity index (χ2n) is 2.65. The van der Waals surface area contributed by atoms with Crippen molar-refractivity contribution in [2.24, 2.45) is 0 Å². The van der Waals surface area contributed by atoms with Crippen LogP contribution in [0.4, 0.5) is 8.78 Å². The number of alkyl halides is 2. The number of halogens is 2. The van der Waals surface area contributed by atoms with E-state index in [1.54, 1.807) is 24.3 Å². The first-order valence-electron chi connectivity index (χ1n) is 4.33. The summed E-state index contributed by atoms with van der Waals surface area (Å²) in [6.45, 7) is 0. The van der Waals surface area contributed by atoms with Gasteiger partial charge >= 0.3 is 0 Å². The molecule has 0 aliphatic heterocycles. The molecule has 2 aromatic rings. The standard InChI is InChI=1S/C10H7F2N/c11-10(12)9-6-5-7-3-1-2-4-8(7)13-9/h1-6,10H/i6D. The number of aromatic nitrogens is 1.